The van der Waals surface area contributed by atoms with Gasteiger partial charge in [-0.25, -0.2) is 9.59 Å². The summed E-state index contributed by atoms with van der Waals surface area (Å²) < 4.78 is 0. The number of carbonyl (C=O) groups excluding carboxylic acids is 3. The van der Waals surface area contributed by atoms with Gasteiger partial charge in [0.2, 0.25) is 5.88 Å². The SMILES string of the molecule is O=C1NC(=O)C(=CC(Cl)=Cc2c(O)[nH]c(=O)[nH]c2=O)C(=O)N1. The van der Waals surface area contributed by atoms with E-state index >= 15 is 0 Å². The fraction of sp³-hybridized carbons (Fsp3) is 0. The highest BCUT2D eigenvalue weighted by molar-refractivity contribution is 6.36. The maximum atomic E-state index is 11.5. The average molecular weight is 327 g/mol. The van der Waals surface area contributed by atoms with Crippen LogP contribution >= 0.6 is 11.6 Å². The van der Waals surface area contributed by atoms with E-state index in [4.69, 9.17) is 11.6 Å². The van der Waals surface area contributed by atoms with E-state index in [1.54, 1.807) is 0 Å². The summed E-state index contributed by atoms with van der Waals surface area (Å²) in [5.41, 5.74) is -2.69. The molecule has 1 fully saturated rings. The van der Waals surface area contributed by atoms with E-state index in [1.165, 1.54) is 0 Å². The first-order valence-corrected chi connectivity index (χ1v) is 5.97. The van der Waals surface area contributed by atoms with Crippen LogP contribution in [-0.4, -0.2) is 32.9 Å². The van der Waals surface area contributed by atoms with E-state index in [0.717, 1.165) is 12.2 Å². The van der Waals surface area contributed by atoms with Crippen molar-refractivity contribution in [2.75, 3.05) is 0 Å². The summed E-state index contributed by atoms with van der Waals surface area (Å²) in [4.78, 5) is 60.0. The lowest BCUT2D eigenvalue weighted by Crippen LogP contribution is -2.51. The topological polar surface area (TPSA) is 161 Å². The normalized spacial score (nSPS) is 15.4. The molecule has 1 aliphatic heterocycles. The number of aromatic nitrogens is 2. The molecule has 1 saturated heterocycles. The first-order chi connectivity index (χ1) is 10.3. The summed E-state index contributed by atoms with van der Waals surface area (Å²) in [5.74, 6) is -2.68. The number of H-pyrrole nitrogens is 2. The Balaban J connectivity index is 2.42. The number of carbonyl (C=O) groups is 3. The second-order valence-corrected chi connectivity index (χ2v) is 4.43. The molecule has 1 aromatic rings. The monoisotopic (exact) mass is 326 g/mol. The van der Waals surface area contributed by atoms with Crippen molar-refractivity contribution >= 4 is 35.5 Å². The molecule has 2 rings (SSSR count). The summed E-state index contributed by atoms with van der Waals surface area (Å²) in [6.07, 6.45) is 1.82. The van der Waals surface area contributed by atoms with Crippen LogP contribution < -0.4 is 21.9 Å². The lowest BCUT2D eigenvalue weighted by Gasteiger charge is -2.13. The Morgan fingerprint density at radius 1 is 1.00 bits per heavy atom. The molecule has 0 saturated carbocycles. The molecule has 0 unspecified atom stereocenters. The van der Waals surface area contributed by atoms with Crippen molar-refractivity contribution in [3.8, 4) is 5.88 Å². The number of hydrogen-bond donors (Lipinski definition) is 5. The van der Waals surface area contributed by atoms with Gasteiger partial charge in [-0.1, -0.05) is 11.6 Å². The van der Waals surface area contributed by atoms with E-state index in [1.807, 2.05) is 20.6 Å². The van der Waals surface area contributed by atoms with Crippen molar-refractivity contribution in [1.82, 2.24) is 20.6 Å². The van der Waals surface area contributed by atoms with Crippen LogP contribution in [0.4, 0.5) is 4.79 Å². The average Bonchev–Trinajstić information content (AvgIpc) is 2.38. The van der Waals surface area contributed by atoms with Crippen LogP contribution in [0.15, 0.2) is 26.3 Å². The lowest BCUT2D eigenvalue weighted by molar-refractivity contribution is -0.124. The van der Waals surface area contributed by atoms with Gasteiger partial charge < -0.3 is 5.11 Å². The van der Waals surface area contributed by atoms with Gasteiger partial charge >= 0.3 is 11.7 Å². The molecule has 10 nitrogen and oxygen atoms in total. The van der Waals surface area contributed by atoms with E-state index in [2.05, 4.69) is 0 Å². The number of nitrogens with one attached hydrogen (secondary N) is 4. The zero-order valence-electron chi connectivity index (χ0n) is 10.5. The Hall–Kier alpha value is -3.14. The third-order valence-electron chi connectivity index (χ3n) is 2.47. The summed E-state index contributed by atoms with van der Waals surface area (Å²) in [6, 6.07) is -0.970. The van der Waals surface area contributed by atoms with Gasteiger partial charge in [0.25, 0.3) is 17.4 Å². The minimum absolute atomic E-state index is 0.275. The van der Waals surface area contributed by atoms with E-state index in [0.29, 0.717) is 0 Å². The minimum Gasteiger partial charge on any atom is -0.494 e. The van der Waals surface area contributed by atoms with Crippen molar-refractivity contribution in [1.29, 1.82) is 0 Å². The molecule has 0 spiro atoms. The standard InChI is InChI=1S/C11H7ClN4O6/c12-3(1-4-6(17)13-10(21)14-7(4)18)2-5-8(19)15-11(22)16-9(5)20/h1-2H,(H2,13,14,17,18,21)(H3,15,16,19,20,22). The molecule has 114 valence electrons. The molecule has 22 heavy (non-hydrogen) atoms. The summed E-state index contributed by atoms with van der Waals surface area (Å²) >= 11 is 5.78. The smallest absolute Gasteiger partial charge is 0.328 e. The number of allylic oxidation sites excluding steroid dienone is 2. The fourth-order valence-corrected chi connectivity index (χ4v) is 1.76. The highest BCUT2D eigenvalue weighted by Crippen LogP contribution is 2.16. The van der Waals surface area contributed by atoms with Crippen LogP contribution in [0.3, 0.4) is 0 Å². The molecule has 0 aromatic carbocycles. The van der Waals surface area contributed by atoms with E-state index in [9.17, 15) is 29.1 Å². The fourth-order valence-electron chi connectivity index (χ4n) is 1.54. The third-order valence-corrected chi connectivity index (χ3v) is 2.68. The van der Waals surface area contributed by atoms with Crippen molar-refractivity contribution in [2.45, 2.75) is 0 Å². The number of aromatic hydroxyl groups is 1. The van der Waals surface area contributed by atoms with Crippen LogP contribution in [0.1, 0.15) is 5.56 Å². The van der Waals surface area contributed by atoms with Gasteiger partial charge in [0.1, 0.15) is 11.1 Å². The van der Waals surface area contributed by atoms with Crippen LogP contribution in [0.2, 0.25) is 0 Å². The largest absolute Gasteiger partial charge is 0.494 e. The second-order valence-electron chi connectivity index (χ2n) is 4.00. The zero-order chi connectivity index (χ0) is 16.4. The molecule has 0 aliphatic carbocycles. The van der Waals surface area contributed by atoms with Crippen molar-refractivity contribution in [2.24, 2.45) is 0 Å². The number of hydrogen-bond acceptors (Lipinski definition) is 6. The minimum atomic E-state index is -0.972. The number of imide groups is 2. The molecular weight excluding hydrogens is 320 g/mol. The molecule has 4 amide bonds. The molecule has 1 aliphatic rings. The maximum Gasteiger partial charge on any atom is 0.328 e. The summed E-state index contributed by atoms with van der Waals surface area (Å²) in [6.45, 7) is 0. The van der Waals surface area contributed by atoms with Gasteiger partial charge in [-0.2, -0.15) is 0 Å². The Morgan fingerprint density at radius 2 is 1.59 bits per heavy atom. The zero-order valence-corrected chi connectivity index (χ0v) is 11.3. The molecule has 0 radical (unpaired) electrons. The number of aromatic amines is 2. The molecule has 0 bridgehead atoms. The first-order valence-electron chi connectivity index (χ1n) is 5.59. The maximum absolute atomic E-state index is 11.5. The molecule has 5 N–H and O–H groups in total. The predicted molar refractivity (Wildman–Crippen MR) is 72.9 cm³/mol. The quantitative estimate of drug-likeness (QED) is 0.333. The predicted octanol–water partition coefficient (Wildman–Crippen LogP) is -1.36. The summed E-state index contributed by atoms with van der Waals surface area (Å²) in [7, 11) is 0. The van der Waals surface area contributed by atoms with Crippen molar-refractivity contribution in [3.63, 3.8) is 0 Å². The van der Waals surface area contributed by atoms with E-state index in [-0.39, 0.29) is 10.6 Å². The second kappa shape index (κ2) is 5.69. The number of urea groups is 1. The van der Waals surface area contributed by atoms with Crippen LogP contribution in [0.5, 0.6) is 5.88 Å². The Labute approximate surface area is 125 Å². The third kappa shape index (κ3) is 3.12. The Morgan fingerprint density at radius 3 is 2.14 bits per heavy atom. The number of barbiturate groups is 1. The number of amides is 4. The molecule has 0 atom stereocenters. The first kappa shape index (κ1) is 15.3. The molecule has 1 aromatic heterocycles. The number of rotatable bonds is 2. The van der Waals surface area contributed by atoms with Gasteiger partial charge in [-0.05, 0) is 12.2 Å². The lowest BCUT2D eigenvalue weighted by atomic mass is 10.1. The molecular formula is C11H7ClN4O6. The highest BCUT2D eigenvalue weighted by atomic mass is 35.5. The van der Waals surface area contributed by atoms with Crippen molar-refractivity contribution < 1.29 is 19.5 Å². The Bertz CT molecular complexity index is 840. The summed E-state index contributed by atoms with van der Waals surface area (Å²) in [5, 5.41) is 12.8. The van der Waals surface area contributed by atoms with Gasteiger partial charge in [0.15, 0.2) is 0 Å². The Kier molecular flexibility index (Phi) is 3.95. The number of halogens is 1. The highest BCUT2D eigenvalue weighted by Gasteiger charge is 2.27. The van der Waals surface area contributed by atoms with Gasteiger partial charge in [-0.15, -0.1) is 0 Å². The van der Waals surface area contributed by atoms with Gasteiger partial charge in [0, 0.05) is 5.03 Å². The van der Waals surface area contributed by atoms with E-state index < -0.39 is 40.5 Å². The van der Waals surface area contributed by atoms with Gasteiger partial charge in [-0.3, -0.25) is 35.0 Å². The van der Waals surface area contributed by atoms with Crippen LogP contribution in [-0.2, 0) is 9.59 Å². The molecule has 2 heterocycles. The van der Waals surface area contributed by atoms with Crippen LogP contribution in [0.25, 0.3) is 6.08 Å². The van der Waals surface area contributed by atoms with Gasteiger partial charge in [0.05, 0.1) is 0 Å². The van der Waals surface area contributed by atoms with Crippen LogP contribution in [0, 0.1) is 0 Å². The van der Waals surface area contributed by atoms with Crippen molar-refractivity contribution in [3.05, 3.63) is 43.1 Å². The molecule has 11 heteroatoms.